The summed E-state index contributed by atoms with van der Waals surface area (Å²) in [5, 5.41) is 2.87. The minimum Gasteiger partial charge on any atom is -0.399 e. The minimum absolute atomic E-state index is 0.0774. The molecule has 0 radical (unpaired) electrons. The SMILES string of the molecule is CC(=O)Nc1cc(N)ccc1N1CC[C@@](C)(N(C)C)C1. The van der Waals surface area contributed by atoms with Crippen molar-refractivity contribution in [2.75, 3.05) is 43.1 Å². The molecular weight excluding hydrogens is 252 g/mol. The number of nitrogens with one attached hydrogen (secondary N) is 1. The van der Waals surface area contributed by atoms with Gasteiger partial charge in [-0.2, -0.15) is 0 Å². The molecule has 5 heteroatoms. The van der Waals surface area contributed by atoms with Crippen LogP contribution < -0.4 is 16.0 Å². The zero-order valence-corrected chi connectivity index (χ0v) is 12.7. The van der Waals surface area contributed by atoms with Gasteiger partial charge in [0.25, 0.3) is 0 Å². The standard InChI is InChI=1S/C15H24N4O/c1-11(20)17-13-9-12(16)5-6-14(13)19-8-7-15(2,10-19)18(3)4/h5-6,9H,7-8,10,16H2,1-4H3,(H,17,20)/t15-/m1/s1. The van der Waals surface area contributed by atoms with Crippen molar-refractivity contribution in [3.05, 3.63) is 18.2 Å². The molecule has 1 aromatic rings. The second-order valence-corrected chi connectivity index (χ2v) is 6.02. The molecule has 1 fully saturated rings. The zero-order valence-electron chi connectivity index (χ0n) is 12.7. The van der Waals surface area contributed by atoms with Crippen molar-refractivity contribution < 1.29 is 4.79 Å². The smallest absolute Gasteiger partial charge is 0.221 e. The van der Waals surface area contributed by atoms with Crippen LogP contribution in [0.2, 0.25) is 0 Å². The number of hydrogen-bond donors (Lipinski definition) is 2. The minimum atomic E-state index is -0.0774. The first-order valence-electron chi connectivity index (χ1n) is 6.91. The van der Waals surface area contributed by atoms with Crippen molar-refractivity contribution in [2.24, 2.45) is 0 Å². The number of nitrogen functional groups attached to an aromatic ring is 1. The summed E-state index contributed by atoms with van der Waals surface area (Å²) in [6.45, 7) is 5.70. The number of carbonyl (C=O) groups excluding carboxylic acids is 1. The van der Waals surface area contributed by atoms with Crippen molar-refractivity contribution in [3.63, 3.8) is 0 Å². The van der Waals surface area contributed by atoms with Gasteiger partial charge >= 0.3 is 0 Å². The number of nitrogens with two attached hydrogens (primary N) is 1. The summed E-state index contributed by atoms with van der Waals surface area (Å²) in [7, 11) is 4.22. The van der Waals surface area contributed by atoms with Crippen LogP contribution in [0.25, 0.3) is 0 Å². The molecule has 1 aliphatic heterocycles. The van der Waals surface area contributed by atoms with E-state index in [0.717, 1.165) is 30.9 Å². The lowest BCUT2D eigenvalue weighted by Gasteiger charge is -2.33. The summed E-state index contributed by atoms with van der Waals surface area (Å²) >= 11 is 0. The highest BCUT2D eigenvalue weighted by Gasteiger charge is 2.36. The maximum absolute atomic E-state index is 11.3. The fraction of sp³-hybridized carbons (Fsp3) is 0.533. The zero-order chi connectivity index (χ0) is 14.9. The van der Waals surface area contributed by atoms with Crippen LogP contribution >= 0.6 is 0 Å². The van der Waals surface area contributed by atoms with Crippen LogP contribution in [0.3, 0.4) is 0 Å². The first kappa shape index (κ1) is 14.7. The van der Waals surface area contributed by atoms with E-state index in [-0.39, 0.29) is 11.4 Å². The fourth-order valence-electron chi connectivity index (χ4n) is 2.63. The van der Waals surface area contributed by atoms with Crippen molar-refractivity contribution >= 4 is 23.0 Å². The molecular formula is C15H24N4O. The van der Waals surface area contributed by atoms with E-state index < -0.39 is 0 Å². The summed E-state index contributed by atoms with van der Waals surface area (Å²) in [5.74, 6) is -0.0774. The molecule has 0 spiro atoms. The van der Waals surface area contributed by atoms with Crippen molar-refractivity contribution in [1.29, 1.82) is 0 Å². The molecule has 1 heterocycles. The third-order valence-corrected chi connectivity index (χ3v) is 4.20. The highest BCUT2D eigenvalue weighted by Crippen LogP contribution is 2.35. The van der Waals surface area contributed by atoms with Crippen LogP contribution in [0.4, 0.5) is 17.1 Å². The molecule has 1 saturated heterocycles. The van der Waals surface area contributed by atoms with Crippen molar-refractivity contribution in [1.82, 2.24) is 4.90 Å². The average Bonchev–Trinajstić information content (AvgIpc) is 2.72. The van der Waals surface area contributed by atoms with E-state index in [0.29, 0.717) is 5.69 Å². The maximum atomic E-state index is 11.3. The Balaban J connectivity index is 2.27. The lowest BCUT2D eigenvalue weighted by atomic mass is 10.0. The number of hydrogen-bond acceptors (Lipinski definition) is 4. The maximum Gasteiger partial charge on any atom is 0.221 e. The van der Waals surface area contributed by atoms with Crippen LogP contribution in [0.5, 0.6) is 0 Å². The molecule has 1 aliphatic rings. The molecule has 3 N–H and O–H groups in total. The van der Waals surface area contributed by atoms with Gasteiger partial charge in [0, 0.05) is 31.2 Å². The van der Waals surface area contributed by atoms with E-state index in [1.807, 2.05) is 18.2 Å². The number of carbonyl (C=O) groups is 1. The summed E-state index contributed by atoms with van der Waals surface area (Å²) in [6, 6.07) is 5.69. The normalized spacial score (nSPS) is 22.4. The number of rotatable bonds is 3. The second kappa shape index (κ2) is 5.32. The van der Waals surface area contributed by atoms with Gasteiger partial charge in [0.05, 0.1) is 11.4 Å². The molecule has 0 aromatic heterocycles. The van der Waals surface area contributed by atoms with E-state index in [1.165, 1.54) is 6.92 Å². The van der Waals surface area contributed by atoms with E-state index in [1.54, 1.807) is 0 Å². The van der Waals surface area contributed by atoms with Gasteiger partial charge in [0.2, 0.25) is 5.91 Å². The molecule has 0 bridgehead atoms. The quantitative estimate of drug-likeness (QED) is 0.826. The number of likely N-dealkylation sites (N-methyl/N-ethyl adjacent to an activating group) is 1. The monoisotopic (exact) mass is 276 g/mol. The van der Waals surface area contributed by atoms with Crippen LogP contribution in [0.1, 0.15) is 20.3 Å². The van der Waals surface area contributed by atoms with Gasteiger partial charge in [0.15, 0.2) is 0 Å². The van der Waals surface area contributed by atoms with Gasteiger partial charge in [-0.05, 0) is 45.6 Å². The molecule has 1 aromatic carbocycles. The van der Waals surface area contributed by atoms with Gasteiger partial charge in [0.1, 0.15) is 0 Å². The molecule has 110 valence electrons. The third-order valence-electron chi connectivity index (χ3n) is 4.20. The van der Waals surface area contributed by atoms with E-state index in [9.17, 15) is 4.79 Å². The summed E-state index contributed by atoms with van der Waals surface area (Å²) < 4.78 is 0. The summed E-state index contributed by atoms with van der Waals surface area (Å²) in [4.78, 5) is 15.9. The Morgan fingerprint density at radius 3 is 2.70 bits per heavy atom. The van der Waals surface area contributed by atoms with E-state index >= 15 is 0 Å². The second-order valence-electron chi connectivity index (χ2n) is 6.02. The number of anilines is 3. The number of amides is 1. The molecule has 2 rings (SSSR count). The highest BCUT2D eigenvalue weighted by molar-refractivity contribution is 5.93. The lowest BCUT2D eigenvalue weighted by Crippen LogP contribution is -2.43. The molecule has 20 heavy (non-hydrogen) atoms. The Morgan fingerprint density at radius 2 is 2.15 bits per heavy atom. The van der Waals surface area contributed by atoms with Crippen LogP contribution in [-0.4, -0.2) is 43.5 Å². The Morgan fingerprint density at radius 1 is 1.45 bits per heavy atom. The highest BCUT2D eigenvalue weighted by atomic mass is 16.1. The number of benzene rings is 1. The number of nitrogens with zero attached hydrogens (tertiary/aromatic N) is 2. The topological polar surface area (TPSA) is 61.6 Å². The van der Waals surface area contributed by atoms with E-state index in [4.69, 9.17) is 5.73 Å². The molecule has 5 nitrogen and oxygen atoms in total. The van der Waals surface area contributed by atoms with Gasteiger partial charge < -0.3 is 20.9 Å². The molecule has 0 unspecified atom stereocenters. The first-order chi connectivity index (χ1) is 9.32. The predicted octanol–water partition coefficient (Wildman–Crippen LogP) is 1.76. The predicted molar refractivity (Wildman–Crippen MR) is 84.1 cm³/mol. The summed E-state index contributed by atoms with van der Waals surface area (Å²) in [6.07, 6.45) is 1.10. The Bertz CT molecular complexity index is 515. The van der Waals surface area contributed by atoms with Gasteiger partial charge in [-0.3, -0.25) is 4.79 Å². The molecule has 1 atom stereocenters. The fourth-order valence-corrected chi connectivity index (χ4v) is 2.63. The van der Waals surface area contributed by atoms with Crippen LogP contribution in [0.15, 0.2) is 18.2 Å². The molecule has 0 aliphatic carbocycles. The van der Waals surface area contributed by atoms with Gasteiger partial charge in [-0.25, -0.2) is 0 Å². The Labute approximate surface area is 120 Å². The average molecular weight is 276 g/mol. The lowest BCUT2D eigenvalue weighted by molar-refractivity contribution is -0.114. The Kier molecular flexibility index (Phi) is 3.90. The third kappa shape index (κ3) is 2.88. The van der Waals surface area contributed by atoms with Gasteiger partial charge in [-0.15, -0.1) is 0 Å². The largest absolute Gasteiger partial charge is 0.399 e. The molecule has 1 amide bonds. The van der Waals surface area contributed by atoms with Crippen molar-refractivity contribution in [2.45, 2.75) is 25.8 Å². The van der Waals surface area contributed by atoms with Crippen LogP contribution in [-0.2, 0) is 4.79 Å². The van der Waals surface area contributed by atoms with E-state index in [2.05, 4.69) is 36.1 Å². The first-order valence-corrected chi connectivity index (χ1v) is 6.91. The van der Waals surface area contributed by atoms with Gasteiger partial charge in [-0.1, -0.05) is 0 Å². The van der Waals surface area contributed by atoms with Crippen LogP contribution in [0, 0.1) is 0 Å². The Hall–Kier alpha value is -1.75. The summed E-state index contributed by atoms with van der Waals surface area (Å²) in [5.41, 5.74) is 8.48. The van der Waals surface area contributed by atoms with Crippen molar-refractivity contribution in [3.8, 4) is 0 Å². The molecule has 0 saturated carbocycles.